The third-order valence-corrected chi connectivity index (χ3v) is 20.5. The fraction of sp³-hybridized carbons (Fsp3) is 0.230. The molecule has 14 aromatic rings. The number of fused-ring (bicyclic) bond motifs is 7. The number of benzene rings is 5. The highest BCUT2D eigenvalue weighted by Crippen LogP contribution is 2.42. The summed E-state index contributed by atoms with van der Waals surface area (Å²) in [5, 5.41) is 37.9. The molecule has 18 rings (SSSR count). The van der Waals surface area contributed by atoms with Crippen LogP contribution in [0.15, 0.2) is 167 Å². The van der Waals surface area contributed by atoms with Crippen molar-refractivity contribution in [3.05, 3.63) is 221 Å². The van der Waals surface area contributed by atoms with E-state index in [4.69, 9.17) is 54.9 Å². The third-order valence-electron chi connectivity index (χ3n) is 17.8. The Labute approximate surface area is 627 Å². The van der Waals surface area contributed by atoms with Crippen molar-refractivity contribution in [2.45, 2.75) is 95.3 Å². The van der Waals surface area contributed by atoms with Crippen LogP contribution in [0.3, 0.4) is 0 Å². The summed E-state index contributed by atoms with van der Waals surface area (Å²) in [7, 11) is 1.60. The number of carbonyl (C=O) groups excluding carboxylic acids is 1. The van der Waals surface area contributed by atoms with E-state index in [2.05, 4.69) is 103 Å². The second-order valence-electron chi connectivity index (χ2n) is 24.7. The molecule has 0 spiro atoms. The van der Waals surface area contributed by atoms with Crippen LogP contribution in [-0.4, -0.2) is 108 Å². The summed E-state index contributed by atoms with van der Waals surface area (Å²) >= 11 is 15.3. The van der Waals surface area contributed by atoms with Crippen LogP contribution in [0.25, 0.3) is 55.3 Å². The zero-order valence-corrected chi connectivity index (χ0v) is 61.1. The first-order valence-corrected chi connectivity index (χ1v) is 36.3. The Kier molecular flexibility index (Phi) is 22.3. The predicted molar refractivity (Wildman–Crippen MR) is 414 cm³/mol. The molecule has 532 valence electrons. The number of ether oxygens (including phenoxy) is 2. The van der Waals surface area contributed by atoms with Gasteiger partial charge in [-0.2, -0.15) is 20.3 Å². The molecule has 27 nitrogen and oxygen atoms in total. The minimum absolute atomic E-state index is 0.127. The standard InChI is InChI=1S/C15H9ClN2O.C15H12O4.C12H12N6.C12H11N3O2.C11H15N5S.C9H9IN4S/c1-19-10-3-5-14-12(7-10)13(8-17)11-4-2-9(16)6-15(11)18-14;16-10-6-11(17)15-12(18)8-13(19-14(15)7-10)9-4-2-1-3-5-9;13-10-9-11(17-12(14)16-10)18(7-15-9)6-8-4-2-1-3-5-8;1-7-11-9(6-13-7)10(14-15-12(11)16)5-8-3-2-4-17-8;12-11-14-9-8(10(17)15-11)13-6-16(9)7-4-2-1-3-5-7;10-8-7-9(12-4-11-8)14(5-13-7)6-2-1-3-15-6/h2-7H,1H3;1-7,13,16-17H,8H2;1-5,7H,6H2,(H4,13,14,16,17);2-4H,5-6H2,1H3,(H,15,16);6-7H,1-5H2,(H3,12,14,15,17);4-6H,1-3H2/t;13-;;;;6-/m.0...1/s1. The number of nitrogen functional groups attached to an aromatic ring is 3. The van der Waals surface area contributed by atoms with Crippen molar-refractivity contribution in [3.8, 4) is 29.1 Å². The molecule has 0 amide bonds. The highest BCUT2D eigenvalue weighted by atomic mass is 127. The smallest absolute Gasteiger partial charge is 0.273 e. The van der Waals surface area contributed by atoms with Gasteiger partial charge >= 0.3 is 0 Å². The van der Waals surface area contributed by atoms with E-state index in [-0.39, 0.29) is 52.6 Å². The molecule has 9 aromatic heterocycles. The first-order chi connectivity index (χ1) is 51.0. The van der Waals surface area contributed by atoms with Crippen molar-refractivity contribution in [2.24, 2.45) is 4.99 Å². The van der Waals surface area contributed by atoms with Crippen LogP contribution in [-0.2, 0) is 19.5 Å². The number of carbonyl (C=O) groups is 1. The number of hydrogen-bond donors (Lipinski definition) is 7. The number of H-pyrrole nitrogens is 2. The van der Waals surface area contributed by atoms with Crippen molar-refractivity contribution in [3.63, 3.8) is 0 Å². The molecule has 1 aliphatic carbocycles. The summed E-state index contributed by atoms with van der Waals surface area (Å²) < 4.78 is 23.8. The van der Waals surface area contributed by atoms with E-state index >= 15 is 0 Å². The van der Waals surface area contributed by atoms with Crippen molar-refractivity contribution in [2.75, 3.05) is 30.1 Å². The van der Waals surface area contributed by atoms with Gasteiger partial charge in [-0.25, -0.2) is 40.0 Å². The van der Waals surface area contributed by atoms with E-state index in [1.807, 2.05) is 133 Å². The lowest BCUT2D eigenvalue weighted by atomic mass is 9.95. The number of ketones is 1. The number of hydrogen-bond acceptors (Lipinski definition) is 24. The van der Waals surface area contributed by atoms with E-state index in [9.17, 15) is 25.1 Å². The summed E-state index contributed by atoms with van der Waals surface area (Å²) in [6.45, 7) is 3.05. The Morgan fingerprint density at radius 3 is 2.31 bits per heavy atom. The quantitative estimate of drug-likeness (QED) is 0.0321. The van der Waals surface area contributed by atoms with Gasteiger partial charge in [0.2, 0.25) is 5.95 Å². The molecule has 0 unspecified atom stereocenters. The van der Waals surface area contributed by atoms with E-state index in [0.717, 1.165) is 87.8 Å². The molecule has 4 aliphatic rings. The Balaban J connectivity index is 0.000000112. The van der Waals surface area contributed by atoms with Gasteiger partial charge in [0.15, 0.2) is 33.5 Å². The van der Waals surface area contributed by atoms with Crippen LogP contribution in [0.5, 0.6) is 23.0 Å². The van der Waals surface area contributed by atoms with Crippen molar-refractivity contribution < 1.29 is 28.9 Å². The Morgan fingerprint density at radius 2 is 1.56 bits per heavy atom. The van der Waals surface area contributed by atoms with Crippen molar-refractivity contribution in [1.82, 2.24) is 73.7 Å². The number of anilines is 3. The molecule has 0 bridgehead atoms. The Hall–Kier alpha value is -11.4. The minimum Gasteiger partial charge on any atom is -0.508 e. The highest BCUT2D eigenvalue weighted by Gasteiger charge is 2.31. The van der Waals surface area contributed by atoms with Gasteiger partial charge in [0.1, 0.15) is 78.7 Å². The zero-order valence-electron chi connectivity index (χ0n) is 56.6. The number of nitrogens with zero attached hydrogens (tertiary/aromatic N) is 15. The summed E-state index contributed by atoms with van der Waals surface area (Å²) in [5.41, 5.74) is 29.2. The SMILES string of the molecule is CC1=NCc2c(Cc3ccco3)n[nH]c(=O)c21.COc1ccc2nc3cc(Cl)ccc3c(C#N)c2c1.Ic1ncnc2c1ncn2[C@H]1CCCS1.Nc1nc(=S)c2ncn(C3CCCCC3)c2[nH]1.Nc1nc(N)c2ncn(Cc3ccccc3)c2n1.O=C1C[C@@H](c2ccccc2)Oc2cc(O)cc(O)c21. The lowest BCUT2D eigenvalue weighted by Crippen LogP contribution is -2.20. The topological polar surface area (TPSA) is 396 Å². The molecular weight excluding hydrogens is 1510 g/mol. The molecule has 105 heavy (non-hydrogen) atoms. The van der Waals surface area contributed by atoms with Gasteiger partial charge in [0, 0.05) is 45.2 Å². The largest absolute Gasteiger partial charge is 0.508 e. The van der Waals surface area contributed by atoms with E-state index in [1.165, 1.54) is 56.8 Å². The normalized spacial score (nSPS) is 15.1. The number of aromatic amines is 2. The molecule has 3 aliphatic heterocycles. The van der Waals surface area contributed by atoms with Crippen LogP contribution >= 0.6 is 58.2 Å². The number of Topliss-reactive ketones (excluding diaryl/α,β-unsaturated/α-hetero) is 1. The first-order valence-electron chi connectivity index (χ1n) is 33.4. The number of phenolic OH excluding ortho intramolecular Hbond substituents is 2. The van der Waals surface area contributed by atoms with Gasteiger partial charge in [0.05, 0.1) is 91.5 Å². The van der Waals surface area contributed by atoms with Crippen LogP contribution in [0.2, 0.25) is 5.02 Å². The second-order valence-corrected chi connectivity index (χ2v) is 27.8. The number of aliphatic imine (C=N–C) groups is 1. The average molecular weight is 1580 g/mol. The molecular formula is C74H68ClIN20O7S2. The van der Waals surface area contributed by atoms with Gasteiger partial charge in [0.25, 0.3) is 5.56 Å². The van der Waals surface area contributed by atoms with Gasteiger partial charge in [-0.1, -0.05) is 104 Å². The lowest BCUT2D eigenvalue weighted by molar-refractivity contribution is 0.0844. The molecule has 2 atom stereocenters. The number of methoxy groups -OCH3 is 1. The monoisotopic (exact) mass is 1570 g/mol. The third kappa shape index (κ3) is 16.4. The number of aromatic hydroxyl groups is 2. The Morgan fingerprint density at radius 1 is 0.790 bits per heavy atom. The number of imidazole rings is 3. The Bertz CT molecular complexity index is 5700. The molecule has 12 heterocycles. The molecule has 31 heteroatoms. The number of halogens is 2. The molecule has 5 aromatic carbocycles. The van der Waals surface area contributed by atoms with E-state index in [0.29, 0.717) is 80.4 Å². The van der Waals surface area contributed by atoms with Gasteiger partial charge in [-0.3, -0.25) is 14.6 Å². The van der Waals surface area contributed by atoms with Gasteiger partial charge in [-0.05, 0) is 121 Å². The molecule has 2 fully saturated rings. The maximum Gasteiger partial charge on any atom is 0.273 e. The van der Waals surface area contributed by atoms with E-state index < -0.39 is 0 Å². The average Bonchev–Trinajstić information content (AvgIpc) is 1.77. The van der Waals surface area contributed by atoms with Crippen LogP contribution < -0.4 is 32.2 Å². The lowest BCUT2D eigenvalue weighted by Gasteiger charge is -2.26. The van der Waals surface area contributed by atoms with Crippen molar-refractivity contribution >= 4 is 143 Å². The number of phenols is 2. The number of pyridine rings is 1. The highest BCUT2D eigenvalue weighted by molar-refractivity contribution is 14.1. The van der Waals surface area contributed by atoms with Crippen LogP contribution in [0, 0.1) is 19.7 Å². The minimum atomic E-state index is -0.387. The van der Waals surface area contributed by atoms with Gasteiger partial charge in [-0.15, -0.1) is 11.8 Å². The zero-order chi connectivity index (χ0) is 73.3. The fourth-order valence-corrected chi connectivity index (χ4v) is 15.0. The number of nitrogens with one attached hydrogen (secondary N) is 2. The number of rotatable bonds is 8. The van der Waals surface area contributed by atoms with Crippen LogP contribution in [0.1, 0.15) is 125 Å². The predicted octanol–water partition coefficient (Wildman–Crippen LogP) is 14.1. The molecule has 1 saturated carbocycles. The number of aromatic nitrogens is 15. The summed E-state index contributed by atoms with van der Waals surface area (Å²) in [5.74, 6) is 3.28. The molecule has 0 radical (unpaired) electrons. The van der Waals surface area contributed by atoms with E-state index in [1.54, 1.807) is 38.2 Å². The van der Waals surface area contributed by atoms with Crippen molar-refractivity contribution in [1.29, 1.82) is 5.26 Å². The first kappa shape index (κ1) is 72.0. The summed E-state index contributed by atoms with van der Waals surface area (Å²) in [6, 6.07) is 39.3. The number of furan rings is 1. The number of nitriles is 1. The fourth-order valence-electron chi connectivity index (χ4n) is 12.8. The second kappa shape index (κ2) is 32.5. The number of thioether (sulfide) groups is 1. The van der Waals surface area contributed by atoms with Crippen LogP contribution in [0.4, 0.5) is 17.7 Å². The maximum atomic E-state index is 12.1. The molecule has 1 saturated heterocycles. The maximum absolute atomic E-state index is 12.1. The number of nitrogens with two attached hydrogens (primary N) is 3. The molecule has 10 N–H and O–H groups in total. The summed E-state index contributed by atoms with van der Waals surface area (Å²) in [6.07, 6.45) is 17.9. The summed E-state index contributed by atoms with van der Waals surface area (Å²) in [4.78, 5) is 69.1. The van der Waals surface area contributed by atoms with Gasteiger partial charge < -0.3 is 60.0 Å².